The molecule has 0 spiro atoms. The van der Waals surface area contributed by atoms with Crippen LogP contribution < -0.4 is 15.8 Å². The summed E-state index contributed by atoms with van der Waals surface area (Å²) in [5.41, 5.74) is 6.77. The number of ether oxygens (including phenoxy) is 1. The van der Waals surface area contributed by atoms with Gasteiger partial charge in [0.2, 0.25) is 0 Å². The van der Waals surface area contributed by atoms with Gasteiger partial charge in [-0.05, 0) is 44.9 Å². The molecule has 0 heterocycles. The Labute approximate surface area is 115 Å². The molecular weight excluding hydrogens is 240 g/mol. The van der Waals surface area contributed by atoms with Gasteiger partial charge in [0.05, 0.1) is 0 Å². The standard InChI is InChI=1S/C15H24N2O2/c1-5-13(16)11-6-8-12(9-7-11)19-10-14(18)17-15(2,3)4/h6-9,13H,5,10,16H2,1-4H3,(H,17,18)/t13-/m1/s1. The van der Waals surface area contributed by atoms with Crippen molar-refractivity contribution in [2.24, 2.45) is 5.73 Å². The zero-order chi connectivity index (χ0) is 14.5. The van der Waals surface area contributed by atoms with Crippen molar-refractivity contribution in [3.63, 3.8) is 0 Å². The molecule has 0 unspecified atom stereocenters. The molecule has 0 aromatic heterocycles. The van der Waals surface area contributed by atoms with Crippen LogP contribution in [-0.4, -0.2) is 18.1 Å². The highest BCUT2D eigenvalue weighted by Gasteiger charge is 2.13. The number of carbonyl (C=O) groups is 1. The van der Waals surface area contributed by atoms with E-state index in [9.17, 15) is 4.79 Å². The lowest BCUT2D eigenvalue weighted by molar-refractivity contribution is -0.124. The third kappa shape index (κ3) is 5.75. The first-order valence-electron chi connectivity index (χ1n) is 6.61. The molecule has 0 aliphatic rings. The number of hydrogen-bond acceptors (Lipinski definition) is 3. The number of benzene rings is 1. The topological polar surface area (TPSA) is 64.3 Å². The van der Waals surface area contributed by atoms with Crippen LogP contribution in [0.25, 0.3) is 0 Å². The van der Waals surface area contributed by atoms with Crippen molar-refractivity contribution in [2.75, 3.05) is 6.61 Å². The first-order valence-corrected chi connectivity index (χ1v) is 6.61. The van der Waals surface area contributed by atoms with Gasteiger partial charge in [0.25, 0.3) is 5.91 Å². The van der Waals surface area contributed by atoms with E-state index in [0.717, 1.165) is 12.0 Å². The number of nitrogens with one attached hydrogen (secondary N) is 1. The maximum absolute atomic E-state index is 11.6. The maximum atomic E-state index is 11.6. The Morgan fingerprint density at radius 2 is 1.89 bits per heavy atom. The fraction of sp³-hybridized carbons (Fsp3) is 0.533. The second-order valence-electron chi connectivity index (χ2n) is 5.67. The van der Waals surface area contributed by atoms with Gasteiger partial charge in [0.15, 0.2) is 6.61 Å². The lowest BCUT2D eigenvalue weighted by Gasteiger charge is -2.20. The summed E-state index contributed by atoms with van der Waals surface area (Å²) in [7, 11) is 0. The van der Waals surface area contributed by atoms with Crippen molar-refractivity contribution in [3.05, 3.63) is 29.8 Å². The summed E-state index contributed by atoms with van der Waals surface area (Å²) in [6.07, 6.45) is 0.897. The normalized spacial score (nSPS) is 12.9. The highest BCUT2D eigenvalue weighted by molar-refractivity contribution is 5.78. The van der Waals surface area contributed by atoms with Gasteiger partial charge in [-0.3, -0.25) is 4.79 Å². The summed E-state index contributed by atoms with van der Waals surface area (Å²) in [5.74, 6) is 0.554. The van der Waals surface area contributed by atoms with Gasteiger partial charge in [0.1, 0.15) is 5.75 Å². The molecule has 1 aromatic carbocycles. The van der Waals surface area contributed by atoms with Crippen LogP contribution in [0.15, 0.2) is 24.3 Å². The Balaban J connectivity index is 2.48. The van der Waals surface area contributed by atoms with E-state index >= 15 is 0 Å². The third-order valence-corrected chi connectivity index (χ3v) is 2.63. The lowest BCUT2D eigenvalue weighted by atomic mass is 10.1. The van der Waals surface area contributed by atoms with Gasteiger partial charge >= 0.3 is 0 Å². The fourth-order valence-electron chi connectivity index (χ4n) is 1.65. The van der Waals surface area contributed by atoms with Crippen LogP contribution >= 0.6 is 0 Å². The number of hydrogen-bond donors (Lipinski definition) is 2. The van der Waals surface area contributed by atoms with Crippen molar-refractivity contribution in [1.82, 2.24) is 5.32 Å². The van der Waals surface area contributed by atoms with Crippen LogP contribution in [0.5, 0.6) is 5.75 Å². The van der Waals surface area contributed by atoms with E-state index in [-0.39, 0.29) is 24.1 Å². The molecule has 19 heavy (non-hydrogen) atoms. The smallest absolute Gasteiger partial charge is 0.258 e. The maximum Gasteiger partial charge on any atom is 0.258 e. The molecule has 0 saturated carbocycles. The average Bonchev–Trinajstić information content (AvgIpc) is 2.34. The van der Waals surface area contributed by atoms with Crippen molar-refractivity contribution in [2.45, 2.75) is 45.7 Å². The molecule has 0 radical (unpaired) electrons. The molecule has 1 rings (SSSR count). The molecule has 1 atom stereocenters. The van der Waals surface area contributed by atoms with Gasteiger partial charge in [-0.2, -0.15) is 0 Å². The van der Waals surface area contributed by atoms with E-state index in [1.165, 1.54) is 0 Å². The van der Waals surface area contributed by atoms with Crippen LogP contribution in [-0.2, 0) is 4.79 Å². The van der Waals surface area contributed by atoms with Crippen LogP contribution in [0.3, 0.4) is 0 Å². The Bertz CT molecular complexity index is 407. The summed E-state index contributed by atoms with van der Waals surface area (Å²) in [5, 5.41) is 2.84. The third-order valence-electron chi connectivity index (χ3n) is 2.63. The van der Waals surface area contributed by atoms with E-state index in [4.69, 9.17) is 10.5 Å². The molecule has 0 bridgehead atoms. The molecule has 1 amide bonds. The van der Waals surface area contributed by atoms with Crippen molar-refractivity contribution < 1.29 is 9.53 Å². The fourth-order valence-corrected chi connectivity index (χ4v) is 1.65. The Morgan fingerprint density at radius 3 is 2.37 bits per heavy atom. The molecular formula is C15H24N2O2. The SMILES string of the molecule is CC[C@@H](N)c1ccc(OCC(=O)NC(C)(C)C)cc1. The largest absolute Gasteiger partial charge is 0.484 e. The monoisotopic (exact) mass is 264 g/mol. The summed E-state index contributed by atoms with van der Waals surface area (Å²) in [4.78, 5) is 11.6. The van der Waals surface area contributed by atoms with Gasteiger partial charge in [-0.25, -0.2) is 0 Å². The number of rotatable bonds is 5. The number of carbonyl (C=O) groups excluding carboxylic acids is 1. The highest BCUT2D eigenvalue weighted by atomic mass is 16.5. The van der Waals surface area contributed by atoms with E-state index in [1.54, 1.807) is 0 Å². The van der Waals surface area contributed by atoms with E-state index in [1.807, 2.05) is 52.0 Å². The van der Waals surface area contributed by atoms with Gasteiger partial charge < -0.3 is 15.8 Å². The second kappa shape index (κ2) is 6.57. The summed E-state index contributed by atoms with van der Waals surface area (Å²) < 4.78 is 5.43. The van der Waals surface area contributed by atoms with Crippen LogP contribution in [0.2, 0.25) is 0 Å². The van der Waals surface area contributed by atoms with Gasteiger partial charge in [-0.1, -0.05) is 19.1 Å². The van der Waals surface area contributed by atoms with Crippen molar-refractivity contribution in [1.29, 1.82) is 0 Å². The highest BCUT2D eigenvalue weighted by Crippen LogP contribution is 2.18. The van der Waals surface area contributed by atoms with Gasteiger partial charge in [0, 0.05) is 11.6 Å². The minimum Gasteiger partial charge on any atom is -0.484 e. The first kappa shape index (κ1) is 15.5. The summed E-state index contributed by atoms with van der Waals surface area (Å²) in [6.45, 7) is 7.88. The quantitative estimate of drug-likeness (QED) is 0.858. The van der Waals surface area contributed by atoms with Crippen LogP contribution in [0.4, 0.5) is 0 Å². The zero-order valence-corrected chi connectivity index (χ0v) is 12.2. The van der Waals surface area contributed by atoms with Crippen LogP contribution in [0, 0.1) is 0 Å². The second-order valence-corrected chi connectivity index (χ2v) is 5.67. The molecule has 4 nitrogen and oxygen atoms in total. The zero-order valence-electron chi connectivity index (χ0n) is 12.2. The molecule has 1 aromatic rings. The molecule has 0 aliphatic heterocycles. The van der Waals surface area contributed by atoms with E-state index < -0.39 is 0 Å². The van der Waals surface area contributed by atoms with Crippen molar-refractivity contribution in [3.8, 4) is 5.75 Å². The molecule has 106 valence electrons. The predicted octanol–water partition coefficient (Wildman–Crippen LogP) is 2.39. The lowest BCUT2D eigenvalue weighted by Crippen LogP contribution is -2.43. The van der Waals surface area contributed by atoms with E-state index in [0.29, 0.717) is 5.75 Å². The first-order chi connectivity index (χ1) is 8.81. The van der Waals surface area contributed by atoms with Gasteiger partial charge in [-0.15, -0.1) is 0 Å². The molecule has 0 aliphatic carbocycles. The van der Waals surface area contributed by atoms with Crippen molar-refractivity contribution >= 4 is 5.91 Å². The molecule has 0 saturated heterocycles. The number of amides is 1. The number of nitrogens with two attached hydrogens (primary N) is 1. The Morgan fingerprint density at radius 1 is 1.32 bits per heavy atom. The minimum atomic E-state index is -0.238. The van der Waals surface area contributed by atoms with Crippen LogP contribution in [0.1, 0.15) is 45.7 Å². The molecule has 4 heteroatoms. The Hall–Kier alpha value is -1.55. The minimum absolute atomic E-state index is 0.0243. The predicted molar refractivity (Wildman–Crippen MR) is 77.1 cm³/mol. The summed E-state index contributed by atoms with van der Waals surface area (Å²) in [6, 6.07) is 7.61. The molecule has 0 fully saturated rings. The average molecular weight is 264 g/mol. The Kier molecular flexibility index (Phi) is 5.36. The molecule has 3 N–H and O–H groups in total. The van der Waals surface area contributed by atoms with E-state index in [2.05, 4.69) is 5.32 Å². The summed E-state index contributed by atoms with van der Waals surface area (Å²) >= 11 is 0.